The number of carbonyl (C=O) groups excluding carboxylic acids is 1. The van der Waals surface area contributed by atoms with Crippen molar-refractivity contribution in [3.05, 3.63) is 29.3 Å². The Kier molecular flexibility index (Phi) is 3.11. The van der Waals surface area contributed by atoms with Crippen LogP contribution >= 0.6 is 0 Å². The van der Waals surface area contributed by atoms with Gasteiger partial charge in [0.25, 0.3) is 0 Å². The van der Waals surface area contributed by atoms with E-state index < -0.39 is 16.0 Å². The number of hydrogen-bond acceptors (Lipinski definition) is 4. The zero-order valence-corrected chi connectivity index (χ0v) is 9.17. The second-order valence-electron chi connectivity index (χ2n) is 2.97. The molecule has 0 aliphatic heterocycles. The highest BCUT2D eigenvalue weighted by molar-refractivity contribution is 7.89. The SMILES string of the molecule is COC(=O)c1cccc(S(N)(=O)=O)c1C. The molecule has 2 N–H and O–H groups in total. The van der Waals surface area contributed by atoms with Crippen LogP contribution in [0.25, 0.3) is 0 Å². The fourth-order valence-electron chi connectivity index (χ4n) is 1.25. The zero-order chi connectivity index (χ0) is 11.6. The number of sulfonamides is 1. The van der Waals surface area contributed by atoms with E-state index in [2.05, 4.69) is 4.74 Å². The fourth-order valence-corrected chi connectivity index (χ4v) is 2.06. The van der Waals surface area contributed by atoms with Crippen LogP contribution in [-0.4, -0.2) is 21.5 Å². The van der Waals surface area contributed by atoms with E-state index in [-0.39, 0.29) is 10.5 Å². The first-order valence-electron chi connectivity index (χ1n) is 4.08. The highest BCUT2D eigenvalue weighted by atomic mass is 32.2. The molecule has 0 heterocycles. The van der Waals surface area contributed by atoms with Gasteiger partial charge in [-0.1, -0.05) is 6.07 Å². The molecule has 0 aliphatic rings. The third-order valence-corrected chi connectivity index (χ3v) is 3.05. The first-order chi connectivity index (χ1) is 6.88. The standard InChI is InChI=1S/C9H11NO4S/c1-6-7(9(11)14-2)4-3-5-8(6)15(10,12)13/h3-5H,1-2H3,(H2,10,12,13). The van der Waals surface area contributed by atoms with Gasteiger partial charge in [-0.25, -0.2) is 18.4 Å². The number of methoxy groups -OCH3 is 1. The molecule has 0 aromatic heterocycles. The number of rotatable bonds is 2. The molecular weight excluding hydrogens is 218 g/mol. The van der Waals surface area contributed by atoms with Gasteiger partial charge in [-0.05, 0) is 24.6 Å². The molecule has 0 bridgehead atoms. The van der Waals surface area contributed by atoms with E-state index in [4.69, 9.17) is 5.14 Å². The van der Waals surface area contributed by atoms with Crippen LogP contribution in [0.5, 0.6) is 0 Å². The lowest BCUT2D eigenvalue weighted by Gasteiger charge is -2.07. The molecule has 0 atom stereocenters. The minimum Gasteiger partial charge on any atom is -0.465 e. The first-order valence-corrected chi connectivity index (χ1v) is 5.63. The second-order valence-corrected chi connectivity index (χ2v) is 4.50. The summed E-state index contributed by atoms with van der Waals surface area (Å²) in [4.78, 5) is 11.2. The Hall–Kier alpha value is -1.40. The van der Waals surface area contributed by atoms with E-state index in [0.29, 0.717) is 5.56 Å². The van der Waals surface area contributed by atoms with E-state index >= 15 is 0 Å². The predicted octanol–water partition coefficient (Wildman–Crippen LogP) is 0.429. The highest BCUT2D eigenvalue weighted by Crippen LogP contribution is 2.18. The summed E-state index contributed by atoms with van der Waals surface area (Å²) in [7, 11) is -2.58. The molecule has 0 unspecified atom stereocenters. The molecule has 1 aromatic rings. The van der Waals surface area contributed by atoms with E-state index in [1.54, 1.807) is 0 Å². The van der Waals surface area contributed by atoms with Crippen LogP contribution in [0.2, 0.25) is 0 Å². The van der Waals surface area contributed by atoms with Crippen LogP contribution in [0.15, 0.2) is 23.1 Å². The summed E-state index contributed by atoms with van der Waals surface area (Å²) in [6.45, 7) is 1.51. The monoisotopic (exact) mass is 229 g/mol. The molecule has 0 aliphatic carbocycles. The summed E-state index contributed by atoms with van der Waals surface area (Å²) < 4.78 is 26.8. The molecule has 1 rings (SSSR count). The largest absolute Gasteiger partial charge is 0.465 e. The van der Waals surface area contributed by atoms with Crippen LogP contribution in [-0.2, 0) is 14.8 Å². The summed E-state index contributed by atoms with van der Waals surface area (Å²) in [5, 5.41) is 4.99. The molecule has 0 spiro atoms. The van der Waals surface area contributed by atoms with Crippen LogP contribution in [0.1, 0.15) is 15.9 Å². The molecule has 15 heavy (non-hydrogen) atoms. The van der Waals surface area contributed by atoms with Gasteiger partial charge in [-0.15, -0.1) is 0 Å². The van der Waals surface area contributed by atoms with E-state index in [0.717, 1.165) is 0 Å². The third kappa shape index (κ3) is 2.34. The normalized spacial score (nSPS) is 11.1. The Balaban J connectivity index is 3.43. The molecule has 0 radical (unpaired) electrons. The smallest absolute Gasteiger partial charge is 0.338 e. The average Bonchev–Trinajstić information content (AvgIpc) is 2.15. The van der Waals surface area contributed by atoms with Crippen molar-refractivity contribution in [1.29, 1.82) is 0 Å². The van der Waals surface area contributed by atoms with E-state index in [1.165, 1.54) is 32.2 Å². The fraction of sp³-hybridized carbons (Fsp3) is 0.222. The lowest BCUT2D eigenvalue weighted by Crippen LogP contribution is -2.15. The van der Waals surface area contributed by atoms with Crippen LogP contribution in [0.3, 0.4) is 0 Å². The molecule has 1 aromatic carbocycles. The average molecular weight is 229 g/mol. The van der Waals surface area contributed by atoms with Crippen molar-refractivity contribution in [3.8, 4) is 0 Å². The number of nitrogens with two attached hydrogens (primary N) is 1. The van der Waals surface area contributed by atoms with Gasteiger partial charge < -0.3 is 4.74 Å². The Labute approximate surface area is 87.9 Å². The van der Waals surface area contributed by atoms with Gasteiger partial charge >= 0.3 is 5.97 Å². The van der Waals surface area contributed by atoms with Crippen molar-refractivity contribution in [2.24, 2.45) is 5.14 Å². The molecule has 0 saturated heterocycles. The zero-order valence-electron chi connectivity index (χ0n) is 8.35. The summed E-state index contributed by atoms with van der Waals surface area (Å²) in [5.41, 5.74) is 0.496. The van der Waals surface area contributed by atoms with Gasteiger partial charge in [0.05, 0.1) is 17.6 Å². The summed E-state index contributed by atoms with van der Waals surface area (Å²) in [6, 6.07) is 4.27. The predicted molar refractivity (Wildman–Crippen MR) is 53.9 cm³/mol. The van der Waals surface area contributed by atoms with Crippen LogP contribution in [0.4, 0.5) is 0 Å². The Morgan fingerprint density at radius 3 is 2.47 bits per heavy atom. The lowest BCUT2D eigenvalue weighted by atomic mass is 10.1. The number of primary sulfonamides is 1. The van der Waals surface area contributed by atoms with Gasteiger partial charge in [0.1, 0.15) is 0 Å². The topological polar surface area (TPSA) is 86.5 Å². The van der Waals surface area contributed by atoms with Gasteiger partial charge in [0.15, 0.2) is 0 Å². The summed E-state index contributed by atoms with van der Waals surface area (Å²) >= 11 is 0. The van der Waals surface area contributed by atoms with Gasteiger partial charge in [-0.2, -0.15) is 0 Å². The van der Waals surface area contributed by atoms with Crippen molar-refractivity contribution in [1.82, 2.24) is 0 Å². The Bertz CT molecular complexity index is 493. The summed E-state index contributed by atoms with van der Waals surface area (Å²) in [6.07, 6.45) is 0. The van der Waals surface area contributed by atoms with Crippen molar-refractivity contribution >= 4 is 16.0 Å². The Morgan fingerprint density at radius 1 is 1.40 bits per heavy atom. The number of carbonyl (C=O) groups is 1. The van der Waals surface area contributed by atoms with Crippen LogP contribution in [0, 0.1) is 6.92 Å². The number of benzene rings is 1. The van der Waals surface area contributed by atoms with Gasteiger partial charge in [0.2, 0.25) is 10.0 Å². The number of ether oxygens (including phenoxy) is 1. The quantitative estimate of drug-likeness (QED) is 0.745. The molecule has 82 valence electrons. The van der Waals surface area contributed by atoms with Gasteiger partial charge in [0, 0.05) is 0 Å². The van der Waals surface area contributed by atoms with Crippen molar-refractivity contribution in [2.75, 3.05) is 7.11 Å². The maximum Gasteiger partial charge on any atom is 0.338 e. The third-order valence-electron chi connectivity index (χ3n) is 2.00. The van der Waals surface area contributed by atoms with E-state index in [1.807, 2.05) is 0 Å². The van der Waals surface area contributed by atoms with Crippen LogP contribution < -0.4 is 5.14 Å². The minimum atomic E-state index is -3.81. The van der Waals surface area contributed by atoms with Crippen molar-refractivity contribution < 1.29 is 17.9 Å². The van der Waals surface area contributed by atoms with E-state index in [9.17, 15) is 13.2 Å². The molecule has 0 fully saturated rings. The van der Waals surface area contributed by atoms with Crippen molar-refractivity contribution in [3.63, 3.8) is 0 Å². The maximum atomic E-state index is 11.3. The number of hydrogen-bond donors (Lipinski definition) is 1. The highest BCUT2D eigenvalue weighted by Gasteiger charge is 2.17. The molecular formula is C9H11NO4S. The minimum absolute atomic E-state index is 0.0644. The maximum absolute atomic E-state index is 11.3. The first kappa shape index (κ1) is 11.7. The van der Waals surface area contributed by atoms with Gasteiger partial charge in [-0.3, -0.25) is 0 Å². The molecule has 0 saturated carbocycles. The molecule has 5 nitrogen and oxygen atoms in total. The molecule has 6 heteroatoms. The summed E-state index contributed by atoms with van der Waals surface area (Å²) in [5.74, 6) is -0.585. The lowest BCUT2D eigenvalue weighted by molar-refractivity contribution is 0.0599. The second kappa shape index (κ2) is 4.00. The van der Waals surface area contributed by atoms with Crippen molar-refractivity contribution in [2.45, 2.75) is 11.8 Å². The number of esters is 1. The Morgan fingerprint density at radius 2 is 2.00 bits per heavy atom. The molecule has 0 amide bonds.